The summed E-state index contributed by atoms with van der Waals surface area (Å²) in [7, 11) is 0. The van der Waals surface area contributed by atoms with Crippen molar-refractivity contribution in [1.29, 1.82) is 0 Å². The van der Waals surface area contributed by atoms with Gasteiger partial charge in [-0.3, -0.25) is 0 Å². The highest BCUT2D eigenvalue weighted by atomic mass is 16.5. The Kier molecular flexibility index (Phi) is 1.53. The number of ether oxygens (including phenoxy) is 1. The number of hydrogen-bond donors (Lipinski definition) is 2. The Labute approximate surface area is 84.9 Å². The molecule has 0 spiro atoms. The summed E-state index contributed by atoms with van der Waals surface area (Å²) < 4.78 is 6.20. The van der Waals surface area contributed by atoms with Crippen LogP contribution in [0, 0.1) is 4.91 Å². The van der Waals surface area contributed by atoms with Crippen LogP contribution in [0.4, 0.5) is 11.5 Å². The topological polar surface area (TPSA) is 60.0 Å². The number of aromatic amines is 1. The summed E-state index contributed by atoms with van der Waals surface area (Å²) in [4.78, 5) is 11.0. The maximum absolute atomic E-state index is 11.0. The molecule has 5 nitrogen and oxygen atoms in total. The van der Waals surface area contributed by atoms with Crippen LogP contribution in [0.15, 0.2) is 36.5 Å². The van der Waals surface area contributed by atoms with E-state index >= 15 is 0 Å². The Morgan fingerprint density at radius 3 is 2.93 bits per heavy atom. The molecular weight excluding hydrogens is 194 g/mol. The lowest BCUT2D eigenvalue weighted by atomic mass is 10.2. The Hall–Kier alpha value is -2.30. The molecule has 1 aliphatic rings. The summed E-state index contributed by atoms with van der Waals surface area (Å²) in [6.07, 6.45) is 1.36. The molecule has 0 fully saturated rings. The summed E-state index contributed by atoms with van der Waals surface area (Å²) in [6, 6.07) is 9.15. The van der Waals surface area contributed by atoms with Crippen molar-refractivity contribution in [2.75, 3.05) is 5.32 Å². The zero-order valence-corrected chi connectivity index (χ0v) is 7.73. The van der Waals surface area contributed by atoms with Crippen molar-refractivity contribution >= 4 is 11.5 Å². The number of aromatic nitrogens is 2. The molecule has 3 rings (SSSR count). The van der Waals surface area contributed by atoms with Gasteiger partial charge in [-0.15, -0.1) is 0 Å². The van der Waals surface area contributed by atoms with E-state index in [0.29, 0.717) is 16.1 Å². The number of para-hydroxylation sites is 2. The lowest BCUT2D eigenvalue weighted by Gasteiger charge is -2.18. The maximum Gasteiger partial charge on any atom is 0.261 e. The average molecular weight is 202 g/mol. The second-order valence-corrected chi connectivity index (χ2v) is 3.22. The monoisotopic (exact) mass is 202 g/mol. The van der Waals surface area contributed by atoms with Crippen LogP contribution in [-0.2, 0) is 0 Å². The molecule has 5 heteroatoms. The molecule has 2 N–H and O–H groups in total. The number of nitrogens with zero attached hydrogens (tertiary/aromatic N) is 1. The molecule has 0 aliphatic carbocycles. The fourth-order valence-electron chi connectivity index (χ4n) is 1.51. The third kappa shape index (κ3) is 1.25. The van der Waals surface area contributed by atoms with Crippen LogP contribution in [0.5, 0.6) is 11.5 Å². The first-order valence-electron chi connectivity index (χ1n) is 4.52. The molecule has 15 heavy (non-hydrogen) atoms. The maximum atomic E-state index is 11.0. The smallest absolute Gasteiger partial charge is 0.261 e. The summed E-state index contributed by atoms with van der Waals surface area (Å²) in [6.45, 7) is 0. The standard InChI is InChI=1S/C10H8N3O2/c14-13-6-5-9-10(12-13)11-7-3-1-2-4-8(7)15-9/h1-6H,(H2,11,12,14)/q+1. The van der Waals surface area contributed by atoms with Gasteiger partial charge in [-0.25, -0.2) is 0 Å². The van der Waals surface area contributed by atoms with Gasteiger partial charge in [-0.2, -0.15) is 0 Å². The van der Waals surface area contributed by atoms with Crippen molar-refractivity contribution in [3.63, 3.8) is 0 Å². The second kappa shape index (κ2) is 2.84. The fraction of sp³-hybridized carbons (Fsp3) is 0. The first kappa shape index (κ1) is 8.05. The van der Waals surface area contributed by atoms with E-state index < -0.39 is 0 Å². The highest BCUT2D eigenvalue weighted by Gasteiger charge is 2.18. The second-order valence-electron chi connectivity index (χ2n) is 3.22. The molecule has 2 aromatic rings. The molecule has 0 atom stereocenters. The van der Waals surface area contributed by atoms with Gasteiger partial charge in [0.15, 0.2) is 16.0 Å². The zero-order chi connectivity index (χ0) is 10.3. The first-order valence-corrected chi connectivity index (χ1v) is 4.52. The van der Waals surface area contributed by atoms with Gasteiger partial charge in [-0.1, -0.05) is 17.2 Å². The number of H-pyrrole nitrogens is 1. The molecule has 2 heterocycles. The lowest BCUT2D eigenvalue weighted by Crippen LogP contribution is -2.21. The number of anilines is 2. The number of nitrogens with one attached hydrogen (secondary N) is 2. The van der Waals surface area contributed by atoms with Crippen LogP contribution in [0.25, 0.3) is 0 Å². The summed E-state index contributed by atoms with van der Waals surface area (Å²) >= 11 is 0. The van der Waals surface area contributed by atoms with Crippen LogP contribution in [0.3, 0.4) is 0 Å². The van der Waals surface area contributed by atoms with E-state index in [4.69, 9.17) is 4.74 Å². The molecule has 0 amide bonds. The Morgan fingerprint density at radius 2 is 2.00 bits per heavy atom. The van der Waals surface area contributed by atoms with E-state index in [-0.39, 0.29) is 0 Å². The molecule has 0 unspecified atom stereocenters. The van der Waals surface area contributed by atoms with Crippen molar-refractivity contribution in [3.05, 3.63) is 41.4 Å². The third-order valence-corrected chi connectivity index (χ3v) is 2.20. The van der Waals surface area contributed by atoms with Crippen molar-refractivity contribution in [3.8, 4) is 11.5 Å². The van der Waals surface area contributed by atoms with Crippen molar-refractivity contribution in [1.82, 2.24) is 5.10 Å². The zero-order valence-electron chi connectivity index (χ0n) is 7.73. The van der Waals surface area contributed by atoms with Crippen molar-refractivity contribution in [2.24, 2.45) is 0 Å². The number of fused-ring (bicyclic) bond motifs is 2. The van der Waals surface area contributed by atoms with E-state index in [2.05, 4.69) is 10.4 Å². The SMILES string of the molecule is O=[n+]1ccc2c([nH]1)Nc1ccccc1O2. The number of hydrogen-bond acceptors (Lipinski definition) is 3. The van der Waals surface area contributed by atoms with E-state index in [1.165, 1.54) is 6.20 Å². The van der Waals surface area contributed by atoms with E-state index in [9.17, 15) is 4.91 Å². The first-order chi connectivity index (χ1) is 7.33. The molecule has 0 saturated heterocycles. The highest BCUT2D eigenvalue weighted by Crippen LogP contribution is 2.39. The van der Waals surface area contributed by atoms with Gasteiger partial charge in [0.25, 0.3) is 6.20 Å². The van der Waals surface area contributed by atoms with Crippen LogP contribution in [-0.4, -0.2) is 5.10 Å². The van der Waals surface area contributed by atoms with Crippen LogP contribution >= 0.6 is 0 Å². The average Bonchev–Trinajstić information content (AvgIpc) is 2.26. The number of rotatable bonds is 0. The van der Waals surface area contributed by atoms with Crippen molar-refractivity contribution in [2.45, 2.75) is 0 Å². The van der Waals surface area contributed by atoms with Gasteiger partial charge in [0.1, 0.15) is 0 Å². The van der Waals surface area contributed by atoms with Gasteiger partial charge in [-0.05, 0) is 12.1 Å². The normalized spacial score (nSPS) is 12.0. The largest absolute Gasteiger partial charge is 0.451 e. The Bertz CT molecular complexity index is 577. The van der Waals surface area contributed by atoms with Gasteiger partial charge in [0.2, 0.25) is 5.82 Å². The molecular formula is C10H8N3O2+. The van der Waals surface area contributed by atoms with Gasteiger partial charge in [0.05, 0.1) is 16.7 Å². The van der Waals surface area contributed by atoms with Gasteiger partial charge >= 0.3 is 0 Å². The number of benzene rings is 1. The summed E-state index contributed by atoms with van der Waals surface area (Å²) in [5.74, 6) is 1.93. The molecule has 0 radical (unpaired) electrons. The van der Waals surface area contributed by atoms with Crippen LogP contribution in [0.1, 0.15) is 0 Å². The van der Waals surface area contributed by atoms with E-state index in [1.54, 1.807) is 6.07 Å². The van der Waals surface area contributed by atoms with Gasteiger partial charge < -0.3 is 10.1 Å². The fourth-order valence-corrected chi connectivity index (χ4v) is 1.51. The van der Waals surface area contributed by atoms with Crippen LogP contribution < -0.4 is 14.6 Å². The Morgan fingerprint density at radius 1 is 1.13 bits per heavy atom. The minimum absolute atomic E-state index is 0.561. The molecule has 74 valence electrons. The molecule has 1 aromatic heterocycles. The van der Waals surface area contributed by atoms with E-state index in [0.717, 1.165) is 11.4 Å². The van der Waals surface area contributed by atoms with Crippen molar-refractivity contribution < 1.29 is 9.28 Å². The molecule has 1 aromatic carbocycles. The van der Waals surface area contributed by atoms with E-state index in [1.807, 2.05) is 24.3 Å². The van der Waals surface area contributed by atoms with Crippen LogP contribution in [0.2, 0.25) is 0 Å². The predicted molar refractivity (Wildman–Crippen MR) is 54.0 cm³/mol. The Balaban J connectivity index is 2.15. The predicted octanol–water partition coefficient (Wildman–Crippen LogP) is 1.78. The molecule has 0 bridgehead atoms. The minimum atomic E-state index is 0.561. The highest BCUT2D eigenvalue weighted by molar-refractivity contribution is 5.71. The van der Waals surface area contributed by atoms with Gasteiger partial charge in [0, 0.05) is 0 Å². The summed E-state index contributed by atoms with van der Waals surface area (Å²) in [5.41, 5.74) is 0.840. The quantitative estimate of drug-likeness (QED) is 0.546. The lowest BCUT2D eigenvalue weighted by molar-refractivity contribution is -0.562. The third-order valence-electron chi connectivity index (χ3n) is 2.20. The minimum Gasteiger partial charge on any atom is -0.451 e. The molecule has 0 saturated carbocycles. The molecule has 1 aliphatic heterocycles. The summed E-state index contributed by atoms with van der Waals surface area (Å²) in [5, 5.41) is 5.67.